The van der Waals surface area contributed by atoms with E-state index in [1.807, 2.05) is 37.4 Å². The van der Waals surface area contributed by atoms with Crippen molar-refractivity contribution in [3.05, 3.63) is 50.7 Å². The summed E-state index contributed by atoms with van der Waals surface area (Å²) in [7, 11) is 0. The molecule has 10 heteroatoms. The highest BCUT2D eigenvalue weighted by Gasteiger charge is 2.16. The second kappa shape index (κ2) is 7.78. The normalized spacial score (nSPS) is 12.8. The maximum atomic E-state index is 12.8. The average molecular weight is 455 g/mol. The average Bonchev–Trinajstić information content (AvgIpc) is 3.34. The van der Waals surface area contributed by atoms with Crippen molar-refractivity contribution in [3.8, 4) is 22.8 Å². The molecule has 4 heterocycles. The summed E-state index contributed by atoms with van der Waals surface area (Å²) in [5, 5.41) is 5.66. The first-order valence-corrected chi connectivity index (χ1v) is 11.3. The van der Waals surface area contributed by atoms with Crippen molar-refractivity contribution < 1.29 is 14.3 Å². The SMILES string of the molecule is Cc1sc2ncn(CC(=O)Nc3nc(-c4ccc5c(c4)OCCO5)cs3)c(=O)c2c1C. The van der Waals surface area contributed by atoms with E-state index in [2.05, 4.69) is 15.3 Å². The van der Waals surface area contributed by atoms with Crippen molar-refractivity contribution >= 4 is 43.9 Å². The molecule has 1 aromatic carbocycles. The molecule has 1 aliphatic heterocycles. The summed E-state index contributed by atoms with van der Waals surface area (Å²) in [4.78, 5) is 35.9. The largest absolute Gasteiger partial charge is 0.486 e. The number of anilines is 1. The van der Waals surface area contributed by atoms with E-state index in [4.69, 9.17) is 9.47 Å². The first-order chi connectivity index (χ1) is 15.0. The van der Waals surface area contributed by atoms with E-state index in [-0.39, 0.29) is 18.0 Å². The lowest BCUT2D eigenvalue weighted by atomic mass is 10.1. The predicted molar refractivity (Wildman–Crippen MR) is 121 cm³/mol. The fourth-order valence-corrected chi connectivity index (χ4v) is 5.09. The van der Waals surface area contributed by atoms with Gasteiger partial charge >= 0.3 is 0 Å². The van der Waals surface area contributed by atoms with Crippen molar-refractivity contribution in [3.63, 3.8) is 0 Å². The number of carbonyl (C=O) groups is 1. The zero-order valence-electron chi connectivity index (χ0n) is 16.8. The number of carbonyl (C=O) groups excluding carboxylic acids is 1. The number of fused-ring (bicyclic) bond motifs is 2. The Morgan fingerprint density at radius 1 is 1.23 bits per heavy atom. The van der Waals surface area contributed by atoms with Crippen LogP contribution in [-0.2, 0) is 11.3 Å². The number of hydrogen-bond donors (Lipinski definition) is 1. The molecule has 0 atom stereocenters. The van der Waals surface area contributed by atoms with Gasteiger partial charge in [0.1, 0.15) is 24.6 Å². The molecule has 0 bridgehead atoms. The minimum atomic E-state index is -0.337. The third-order valence-electron chi connectivity index (χ3n) is 5.06. The number of aryl methyl sites for hydroxylation is 2. The molecule has 1 N–H and O–H groups in total. The highest BCUT2D eigenvalue weighted by Crippen LogP contribution is 2.35. The molecule has 1 aliphatic rings. The Morgan fingerprint density at radius 2 is 2.03 bits per heavy atom. The predicted octanol–water partition coefficient (Wildman–Crippen LogP) is 3.61. The van der Waals surface area contributed by atoms with E-state index >= 15 is 0 Å². The number of ether oxygens (including phenoxy) is 2. The van der Waals surface area contributed by atoms with Crippen LogP contribution in [0.4, 0.5) is 5.13 Å². The highest BCUT2D eigenvalue weighted by molar-refractivity contribution is 7.18. The third kappa shape index (κ3) is 3.68. The molecule has 0 saturated heterocycles. The Balaban J connectivity index is 1.32. The van der Waals surface area contributed by atoms with E-state index in [0.29, 0.717) is 40.1 Å². The van der Waals surface area contributed by atoms with Crippen molar-refractivity contribution in [1.82, 2.24) is 14.5 Å². The van der Waals surface area contributed by atoms with Crippen LogP contribution in [0.15, 0.2) is 34.7 Å². The molecule has 4 aromatic rings. The summed E-state index contributed by atoms with van der Waals surface area (Å²) in [5.74, 6) is 1.06. The summed E-state index contributed by atoms with van der Waals surface area (Å²) in [6.45, 7) is 4.78. The molecule has 0 radical (unpaired) electrons. The van der Waals surface area contributed by atoms with Crippen LogP contribution in [0.3, 0.4) is 0 Å². The van der Waals surface area contributed by atoms with Crippen molar-refractivity contribution in [1.29, 1.82) is 0 Å². The smallest absolute Gasteiger partial charge is 0.262 e. The van der Waals surface area contributed by atoms with Crippen molar-refractivity contribution in [2.75, 3.05) is 18.5 Å². The lowest BCUT2D eigenvalue weighted by Gasteiger charge is -2.18. The van der Waals surface area contributed by atoms with Crippen LogP contribution in [0.1, 0.15) is 10.4 Å². The van der Waals surface area contributed by atoms with Gasteiger partial charge in [0.2, 0.25) is 5.91 Å². The number of nitrogens with zero attached hydrogens (tertiary/aromatic N) is 3. The molecule has 0 fully saturated rings. The Hall–Kier alpha value is -3.24. The standard InChI is InChI=1S/C21H18N4O4S2/c1-11-12(2)31-19-18(11)20(27)25(10-22-19)8-17(26)24-21-23-14(9-30-21)13-3-4-15-16(7-13)29-6-5-28-15/h3-4,7,9-10H,5-6,8H2,1-2H3,(H,23,24,26). The summed E-state index contributed by atoms with van der Waals surface area (Å²) < 4.78 is 12.5. The maximum absolute atomic E-state index is 12.8. The number of thiazole rings is 1. The Kier molecular flexibility index (Phi) is 4.95. The Bertz CT molecular complexity index is 1370. The van der Waals surface area contributed by atoms with Crippen LogP contribution in [0.25, 0.3) is 21.5 Å². The van der Waals surface area contributed by atoms with Crippen LogP contribution in [0.2, 0.25) is 0 Å². The molecule has 3 aromatic heterocycles. The number of amides is 1. The molecule has 158 valence electrons. The number of benzene rings is 1. The van der Waals surface area contributed by atoms with E-state index in [1.54, 1.807) is 0 Å². The second-order valence-electron chi connectivity index (χ2n) is 7.09. The highest BCUT2D eigenvalue weighted by atomic mass is 32.1. The topological polar surface area (TPSA) is 95.3 Å². The monoisotopic (exact) mass is 454 g/mol. The van der Waals surface area contributed by atoms with Crippen LogP contribution < -0.4 is 20.3 Å². The molecule has 5 rings (SSSR count). The number of hydrogen-bond acceptors (Lipinski definition) is 8. The summed E-state index contributed by atoms with van der Waals surface area (Å²) >= 11 is 2.80. The van der Waals surface area contributed by atoms with Gasteiger partial charge in [-0.25, -0.2) is 9.97 Å². The van der Waals surface area contributed by atoms with Gasteiger partial charge in [-0.15, -0.1) is 22.7 Å². The van der Waals surface area contributed by atoms with Crippen LogP contribution in [0, 0.1) is 13.8 Å². The summed E-state index contributed by atoms with van der Waals surface area (Å²) in [6.07, 6.45) is 1.42. The van der Waals surface area contributed by atoms with Gasteiger partial charge in [-0.3, -0.25) is 14.2 Å². The van der Waals surface area contributed by atoms with Crippen molar-refractivity contribution in [2.24, 2.45) is 0 Å². The first kappa shape index (κ1) is 19.7. The fraction of sp³-hybridized carbons (Fsp3) is 0.238. The van der Waals surface area contributed by atoms with Gasteiger partial charge in [-0.1, -0.05) is 0 Å². The molecule has 0 spiro atoms. The van der Waals surface area contributed by atoms with E-state index < -0.39 is 0 Å². The molecule has 0 aliphatic carbocycles. The van der Waals surface area contributed by atoms with Gasteiger partial charge < -0.3 is 14.8 Å². The molecule has 0 unspecified atom stereocenters. The van der Waals surface area contributed by atoms with Crippen LogP contribution >= 0.6 is 22.7 Å². The minimum absolute atomic E-state index is 0.130. The van der Waals surface area contributed by atoms with Gasteiger partial charge in [-0.2, -0.15) is 0 Å². The molecule has 0 saturated carbocycles. The van der Waals surface area contributed by atoms with Gasteiger partial charge in [0.05, 0.1) is 17.4 Å². The molecular weight excluding hydrogens is 436 g/mol. The van der Waals surface area contributed by atoms with Gasteiger partial charge in [0.15, 0.2) is 16.6 Å². The second-order valence-corrected chi connectivity index (χ2v) is 9.15. The summed E-state index contributed by atoms with van der Waals surface area (Å²) in [5.41, 5.74) is 2.30. The molecule has 8 nitrogen and oxygen atoms in total. The van der Waals surface area contributed by atoms with Crippen LogP contribution in [0.5, 0.6) is 11.5 Å². The van der Waals surface area contributed by atoms with E-state index in [9.17, 15) is 9.59 Å². The molecule has 1 amide bonds. The van der Waals surface area contributed by atoms with Gasteiger partial charge in [-0.05, 0) is 37.6 Å². The quantitative estimate of drug-likeness (QED) is 0.506. The Labute approximate surface area is 185 Å². The minimum Gasteiger partial charge on any atom is -0.486 e. The first-order valence-electron chi connectivity index (χ1n) is 9.60. The zero-order chi connectivity index (χ0) is 21.5. The van der Waals surface area contributed by atoms with Gasteiger partial charge in [0.25, 0.3) is 5.56 Å². The van der Waals surface area contributed by atoms with Crippen molar-refractivity contribution in [2.45, 2.75) is 20.4 Å². The number of thiophene rings is 1. The Morgan fingerprint density at radius 3 is 2.87 bits per heavy atom. The lowest BCUT2D eigenvalue weighted by Crippen LogP contribution is -2.27. The molecule has 31 heavy (non-hydrogen) atoms. The number of aromatic nitrogens is 3. The zero-order valence-corrected chi connectivity index (χ0v) is 18.4. The molecular formula is C21H18N4O4S2. The van der Waals surface area contributed by atoms with E-state index in [0.717, 1.165) is 21.7 Å². The number of nitrogens with one attached hydrogen (secondary N) is 1. The lowest BCUT2D eigenvalue weighted by molar-refractivity contribution is -0.116. The summed E-state index contributed by atoms with van der Waals surface area (Å²) in [6, 6.07) is 5.63. The third-order valence-corrected chi connectivity index (χ3v) is 6.93. The van der Waals surface area contributed by atoms with E-state index in [1.165, 1.54) is 33.6 Å². The number of rotatable bonds is 4. The maximum Gasteiger partial charge on any atom is 0.262 e. The van der Waals surface area contributed by atoms with Crippen LogP contribution in [-0.4, -0.2) is 33.7 Å². The fourth-order valence-electron chi connectivity index (χ4n) is 3.36. The van der Waals surface area contributed by atoms with Gasteiger partial charge in [0, 0.05) is 15.8 Å².